The van der Waals surface area contributed by atoms with Gasteiger partial charge in [-0.2, -0.15) is 0 Å². The molecule has 86 valence electrons. The van der Waals surface area contributed by atoms with E-state index in [0.717, 1.165) is 30.9 Å². The van der Waals surface area contributed by atoms with Crippen molar-refractivity contribution in [2.45, 2.75) is 26.3 Å². The highest BCUT2D eigenvalue weighted by molar-refractivity contribution is 5.81. The van der Waals surface area contributed by atoms with E-state index in [4.69, 9.17) is 11.5 Å². The molecule has 2 aromatic rings. The summed E-state index contributed by atoms with van der Waals surface area (Å²) in [4.78, 5) is 12.5. The fourth-order valence-electron chi connectivity index (χ4n) is 1.74. The van der Waals surface area contributed by atoms with Crippen LogP contribution in [0.5, 0.6) is 0 Å². The largest absolute Gasteiger partial charge is 0.382 e. The van der Waals surface area contributed by atoms with E-state index in [0.29, 0.717) is 17.9 Å². The molecule has 0 atom stereocenters. The van der Waals surface area contributed by atoms with Crippen molar-refractivity contribution in [1.29, 1.82) is 0 Å². The average molecular weight is 220 g/mol. The number of imidazole rings is 1. The lowest BCUT2D eigenvalue weighted by atomic mass is 10.3. The Balaban J connectivity index is 2.36. The van der Waals surface area contributed by atoms with Gasteiger partial charge in [-0.1, -0.05) is 0 Å². The zero-order chi connectivity index (χ0) is 11.5. The Hall–Kier alpha value is -1.69. The number of aryl methyl sites for hydroxylation is 2. The van der Waals surface area contributed by atoms with Gasteiger partial charge < -0.3 is 16.0 Å². The summed E-state index contributed by atoms with van der Waals surface area (Å²) in [6.07, 6.45) is 3.49. The van der Waals surface area contributed by atoms with Crippen molar-refractivity contribution in [3.05, 3.63) is 12.2 Å². The molecule has 6 nitrogen and oxygen atoms in total. The molecule has 4 N–H and O–H groups in total. The highest BCUT2D eigenvalue weighted by atomic mass is 15.1. The lowest BCUT2D eigenvalue weighted by Crippen LogP contribution is -2.05. The number of rotatable bonds is 4. The zero-order valence-corrected chi connectivity index (χ0v) is 9.35. The second-order valence-corrected chi connectivity index (χ2v) is 3.74. The molecule has 0 saturated heterocycles. The fourth-order valence-corrected chi connectivity index (χ4v) is 1.74. The number of fused-ring (bicyclic) bond motifs is 1. The summed E-state index contributed by atoms with van der Waals surface area (Å²) in [6.45, 7) is 3.53. The topological polar surface area (TPSA) is 95.6 Å². The highest BCUT2D eigenvalue weighted by Gasteiger charge is 2.10. The first kappa shape index (κ1) is 10.8. The molecule has 2 aromatic heterocycles. The van der Waals surface area contributed by atoms with Crippen LogP contribution in [0.4, 0.5) is 5.82 Å². The molecule has 0 aliphatic heterocycles. The van der Waals surface area contributed by atoms with Crippen LogP contribution in [-0.2, 0) is 6.54 Å². The third-order valence-corrected chi connectivity index (χ3v) is 2.59. The average Bonchev–Trinajstić information content (AvgIpc) is 2.58. The summed E-state index contributed by atoms with van der Waals surface area (Å²) < 4.78 is 2.06. The number of nitrogens with two attached hydrogens (primary N) is 2. The molecule has 0 amide bonds. The standard InChI is InChI=1S/C10H16N6/c1-7-15-8-9(12)13-6-14-10(8)16(7)5-3-2-4-11/h6H,2-5,11H2,1H3,(H2,12,13,14). The molecule has 2 rings (SSSR count). The molecule has 6 heteroatoms. The lowest BCUT2D eigenvalue weighted by molar-refractivity contribution is 0.611. The smallest absolute Gasteiger partial charge is 0.165 e. The Kier molecular flexibility index (Phi) is 3.00. The van der Waals surface area contributed by atoms with Crippen LogP contribution >= 0.6 is 0 Å². The molecule has 2 heterocycles. The SMILES string of the molecule is Cc1nc2c(N)ncnc2n1CCCCN. The van der Waals surface area contributed by atoms with E-state index >= 15 is 0 Å². The number of aromatic nitrogens is 4. The van der Waals surface area contributed by atoms with E-state index in [1.165, 1.54) is 6.33 Å². The first-order chi connectivity index (χ1) is 7.74. The predicted molar refractivity (Wildman–Crippen MR) is 62.8 cm³/mol. The molecule has 0 spiro atoms. The maximum Gasteiger partial charge on any atom is 0.165 e. The molecule has 0 fully saturated rings. The van der Waals surface area contributed by atoms with Crippen LogP contribution in [0.1, 0.15) is 18.7 Å². The zero-order valence-electron chi connectivity index (χ0n) is 9.35. The van der Waals surface area contributed by atoms with Gasteiger partial charge in [-0.25, -0.2) is 15.0 Å². The minimum Gasteiger partial charge on any atom is -0.382 e. The normalized spacial score (nSPS) is 11.1. The molecular formula is C10H16N6. The van der Waals surface area contributed by atoms with Crippen molar-refractivity contribution in [3.63, 3.8) is 0 Å². The second-order valence-electron chi connectivity index (χ2n) is 3.74. The van der Waals surface area contributed by atoms with E-state index in [-0.39, 0.29) is 0 Å². The third kappa shape index (κ3) is 1.83. The van der Waals surface area contributed by atoms with Gasteiger partial charge in [0.15, 0.2) is 17.0 Å². The van der Waals surface area contributed by atoms with Crippen LogP contribution in [0.15, 0.2) is 6.33 Å². The van der Waals surface area contributed by atoms with Crippen LogP contribution in [0.25, 0.3) is 11.2 Å². The van der Waals surface area contributed by atoms with Gasteiger partial charge >= 0.3 is 0 Å². The maximum absolute atomic E-state index is 5.75. The van der Waals surface area contributed by atoms with Crippen LogP contribution in [0.3, 0.4) is 0 Å². The van der Waals surface area contributed by atoms with Gasteiger partial charge in [-0.05, 0) is 26.3 Å². The van der Waals surface area contributed by atoms with E-state index in [2.05, 4.69) is 19.5 Å². The Morgan fingerprint density at radius 1 is 1.31 bits per heavy atom. The van der Waals surface area contributed by atoms with Crippen LogP contribution < -0.4 is 11.5 Å². The monoisotopic (exact) mass is 220 g/mol. The van der Waals surface area contributed by atoms with E-state index in [1.807, 2.05) is 6.92 Å². The summed E-state index contributed by atoms with van der Waals surface area (Å²) in [5, 5.41) is 0. The van der Waals surface area contributed by atoms with Crippen LogP contribution in [0.2, 0.25) is 0 Å². The first-order valence-electron chi connectivity index (χ1n) is 5.37. The quantitative estimate of drug-likeness (QED) is 0.729. The van der Waals surface area contributed by atoms with E-state index < -0.39 is 0 Å². The van der Waals surface area contributed by atoms with Crippen LogP contribution in [-0.4, -0.2) is 26.1 Å². The number of unbranched alkanes of at least 4 members (excludes halogenated alkanes) is 1. The Morgan fingerprint density at radius 2 is 2.12 bits per heavy atom. The molecule has 0 aromatic carbocycles. The van der Waals surface area contributed by atoms with E-state index in [9.17, 15) is 0 Å². The van der Waals surface area contributed by atoms with Gasteiger partial charge in [0.2, 0.25) is 0 Å². The molecule has 0 unspecified atom stereocenters. The maximum atomic E-state index is 5.75. The minimum atomic E-state index is 0.436. The summed E-state index contributed by atoms with van der Waals surface area (Å²) in [5.41, 5.74) is 12.7. The van der Waals surface area contributed by atoms with Crippen molar-refractivity contribution < 1.29 is 0 Å². The summed E-state index contributed by atoms with van der Waals surface area (Å²) in [7, 11) is 0. The second kappa shape index (κ2) is 4.44. The van der Waals surface area contributed by atoms with E-state index in [1.54, 1.807) is 0 Å². The van der Waals surface area contributed by atoms with Crippen molar-refractivity contribution in [3.8, 4) is 0 Å². The lowest BCUT2D eigenvalue weighted by Gasteiger charge is -2.04. The summed E-state index contributed by atoms with van der Waals surface area (Å²) in [5.74, 6) is 1.35. The molecular weight excluding hydrogens is 204 g/mol. The van der Waals surface area contributed by atoms with Crippen molar-refractivity contribution in [1.82, 2.24) is 19.5 Å². The fraction of sp³-hybridized carbons (Fsp3) is 0.500. The number of anilines is 1. The van der Waals surface area contributed by atoms with Gasteiger partial charge in [-0.15, -0.1) is 0 Å². The molecule has 0 aliphatic carbocycles. The number of hydrogen-bond donors (Lipinski definition) is 2. The predicted octanol–water partition coefficient (Wildman–Crippen LogP) is 0.456. The summed E-state index contributed by atoms with van der Waals surface area (Å²) >= 11 is 0. The molecule has 16 heavy (non-hydrogen) atoms. The minimum absolute atomic E-state index is 0.436. The third-order valence-electron chi connectivity index (χ3n) is 2.59. The van der Waals surface area contributed by atoms with Crippen molar-refractivity contribution in [2.75, 3.05) is 12.3 Å². The van der Waals surface area contributed by atoms with Gasteiger partial charge in [0.05, 0.1) is 0 Å². The van der Waals surface area contributed by atoms with Crippen molar-refractivity contribution in [2.24, 2.45) is 5.73 Å². The first-order valence-corrected chi connectivity index (χ1v) is 5.37. The van der Waals surface area contributed by atoms with Gasteiger partial charge in [0.25, 0.3) is 0 Å². The molecule has 0 radical (unpaired) electrons. The molecule has 0 bridgehead atoms. The molecule has 0 aliphatic rings. The Labute approximate surface area is 93.7 Å². The number of hydrogen-bond acceptors (Lipinski definition) is 5. The Bertz CT molecular complexity index is 489. The van der Waals surface area contributed by atoms with Crippen LogP contribution in [0, 0.1) is 6.92 Å². The van der Waals surface area contributed by atoms with Gasteiger partial charge in [0.1, 0.15) is 12.2 Å². The number of nitrogen functional groups attached to an aromatic ring is 1. The van der Waals surface area contributed by atoms with Crippen molar-refractivity contribution >= 4 is 17.0 Å². The summed E-state index contributed by atoms with van der Waals surface area (Å²) in [6, 6.07) is 0. The van der Waals surface area contributed by atoms with Gasteiger partial charge in [-0.3, -0.25) is 0 Å². The molecule has 0 saturated carbocycles. The van der Waals surface area contributed by atoms with Gasteiger partial charge in [0, 0.05) is 6.54 Å². The highest BCUT2D eigenvalue weighted by Crippen LogP contribution is 2.17. The number of nitrogens with zero attached hydrogens (tertiary/aromatic N) is 4. The Morgan fingerprint density at radius 3 is 2.88 bits per heavy atom.